The molecule has 0 aromatic rings. The summed E-state index contributed by atoms with van der Waals surface area (Å²) in [5, 5.41) is 23.3. The molecule has 0 radical (unpaired) electrons. The van der Waals surface area contributed by atoms with Gasteiger partial charge in [0.05, 0.1) is 18.8 Å². The van der Waals surface area contributed by atoms with Crippen molar-refractivity contribution in [1.82, 2.24) is 5.32 Å². The van der Waals surface area contributed by atoms with Crippen LogP contribution < -0.4 is 5.32 Å². The van der Waals surface area contributed by atoms with Gasteiger partial charge in [0, 0.05) is 6.42 Å². The van der Waals surface area contributed by atoms with Gasteiger partial charge in [0.15, 0.2) is 0 Å². The van der Waals surface area contributed by atoms with Gasteiger partial charge in [0.25, 0.3) is 0 Å². The highest BCUT2D eigenvalue weighted by Gasteiger charge is 2.20. The zero-order valence-corrected chi connectivity index (χ0v) is 43.1. The van der Waals surface area contributed by atoms with Crippen LogP contribution in [0.5, 0.6) is 0 Å². The van der Waals surface area contributed by atoms with Crippen LogP contribution in [-0.4, -0.2) is 34.9 Å². The van der Waals surface area contributed by atoms with Gasteiger partial charge in [0.2, 0.25) is 5.91 Å². The minimum absolute atomic E-state index is 0.0610. The van der Waals surface area contributed by atoms with Crippen molar-refractivity contribution >= 4 is 5.91 Å². The van der Waals surface area contributed by atoms with E-state index in [1.54, 1.807) is 0 Å². The molecule has 2 unspecified atom stereocenters. The zero-order valence-electron chi connectivity index (χ0n) is 43.1. The number of hydrogen-bond donors (Lipinski definition) is 3. The highest BCUT2D eigenvalue weighted by atomic mass is 16.3. The van der Waals surface area contributed by atoms with Gasteiger partial charge in [-0.1, -0.05) is 293 Å². The number of allylic oxidation sites excluding steroid dienone is 10. The van der Waals surface area contributed by atoms with Gasteiger partial charge in [-0.05, 0) is 57.8 Å². The second-order valence-electron chi connectivity index (χ2n) is 19.3. The number of carbonyl (C=O) groups is 1. The number of rotatable bonds is 52. The van der Waals surface area contributed by atoms with E-state index in [1.165, 1.54) is 199 Å². The van der Waals surface area contributed by atoms with E-state index in [2.05, 4.69) is 79.9 Å². The van der Waals surface area contributed by atoms with Crippen LogP contribution in [0.25, 0.3) is 0 Å². The van der Waals surface area contributed by atoms with Gasteiger partial charge < -0.3 is 15.5 Å². The van der Waals surface area contributed by atoms with Crippen molar-refractivity contribution in [3.8, 4) is 0 Å². The highest BCUT2D eigenvalue weighted by Crippen LogP contribution is 2.18. The Kier molecular flexibility index (Phi) is 53.8. The zero-order chi connectivity index (χ0) is 46.3. The van der Waals surface area contributed by atoms with E-state index in [9.17, 15) is 15.0 Å². The molecule has 4 nitrogen and oxygen atoms in total. The summed E-state index contributed by atoms with van der Waals surface area (Å²) in [6.45, 7) is 4.25. The molecule has 0 aliphatic rings. The number of carbonyl (C=O) groups excluding carboxylic acids is 1. The Bertz CT molecular complexity index is 1060. The van der Waals surface area contributed by atoms with E-state index >= 15 is 0 Å². The Morgan fingerprint density at radius 2 is 0.688 bits per heavy atom. The summed E-state index contributed by atoms with van der Waals surface area (Å²) in [6, 6.07) is -0.558. The number of hydrogen-bond acceptors (Lipinski definition) is 3. The Hall–Kier alpha value is -1.91. The lowest BCUT2D eigenvalue weighted by atomic mass is 10.0. The summed E-state index contributed by atoms with van der Waals surface area (Å²) in [6.07, 6.45) is 77.9. The third-order valence-electron chi connectivity index (χ3n) is 13.0. The monoisotopic (exact) mass is 894 g/mol. The van der Waals surface area contributed by atoms with Crippen LogP contribution in [0.15, 0.2) is 60.8 Å². The fraction of sp³-hybridized carbons (Fsp3) is 0.817. The first-order valence-corrected chi connectivity index (χ1v) is 28.5. The summed E-state index contributed by atoms with van der Waals surface area (Å²) in [5.74, 6) is -0.0610. The van der Waals surface area contributed by atoms with Crippen molar-refractivity contribution in [2.45, 2.75) is 309 Å². The second-order valence-corrected chi connectivity index (χ2v) is 19.3. The topological polar surface area (TPSA) is 69.6 Å². The average Bonchev–Trinajstić information content (AvgIpc) is 3.30. The lowest BCUT2D eigenvalue weighted by molar-refractivity contribution is -0.123. The first kappa shape index (κ1) is 62.1. The lowest BCUT2D eigenvalue weighted by Crippen LogP contribution is -2.45. The summed E-state index contributed by atoms with van der Waals surface area (Å²) in [4.78, 5) is 12.5. The Balaban J connectivity index is 3.45. The fourth-order valence-corrected chi connectivity index (χ4v) is 8.74. The minimum atomic E-state index is -0.678. The minimum Gasteiger partial charge on any atom is -0.394 e. The first-order valence-electron chi connectivity index (χ1n) is 28.5. The van der Waals surface area contributed by atoms with Crippen LogP contribution in [0.2, 0.25) is 0 Å². The molecule has 0 rings (SSSR count). The van der Waals surface area contributed by atoms with Crippen molar-refractivity contribution in [3.05, 3.63) is 60.8 Å². The number of aliphatic hydroxyl groups is 2. The molecule has 4 heteroatoms. The van der Waals surface area contributed by atoms with Crippen LogP contribution >= 0.6 is 0 Å². The van der Waals surface area contributed by atoms with Gasteiger partial charge in [-0.2, -0.15) is 0 Å². The summed E-state index contributed by atoms with van der Waals surface area (Å²) in [5.41, 5.74) is 0. The molecular formula is C60H111NO3. The molecule has 0 fully saturated rings. The summed E-state index contributed by atoms with van der Waals surface area (Å²) >= 11 is 0. The van der Waals surface area contributed by atoms with Crippen molar-refractivity contribution in [2.24, 2.45) is 0 Å². The Morgan fingerprint density at radius 1 is 0.391 bits per heavy atom. The molecule has 1 amide bonds. The predicted octanol–water partition coefficient (Wildman–Crippen LogP) is 18.8. The van der Waals surface area contributed by atoms with Crippen LogP contribution in [0, 0.1) is 0 Å². The SMILES string of the molecule is CC/C=C\C/C=C\C/C=C\C/C=C\C/C=C\CCCCCC(=O)NC(CO)C(O)CCCCCCCCCCCCCCCCCCCCCCCCCCCCCCCCCCC. The van der Waals surface area contributed by atoms with Gasteiger partial charge in [-0.3, -0.25) is 4.79 Å². The maximum atomic E-state index is 12.5. The molecule has 2 atom stereocenters. The number of aliphatic hydroxyl groups excluding tert-OH is 2. The van der Waals surface area contributed by atoms with Crippen LogP contribution in [0.3, 0.4) is 0 Å². The van der Waals surface area contributed by atoms with Gasteiger partial charge in [0.1, 0.15) is 0 Å². The second kappa shape index (κ2) is 55.4. The molecule has 0 saturated carbocycles. The largest absolute Gasteiger partial charge is 0.394 e. The van der Waals surface area contributed by atoms with E-state index in [-0.39, 0.29) is 12.5 Å². The molecule has 0 spiro atoms. The predicted molar refractivity (Wildman–Crippen MR) is 285 cm³/mol. The number of unbranched alkanes of at least 4 members (excludes halogenated alkanes) is 35. The number of amides is 1. The van der Waals surface area contributed by atoms with Crippen molar-refractivity contribution in [1.29, 1.82) is 0 Å². The van der Waals surface area contributed by atoms with E-state index < -0.39 is 12.1 Å². The van der Waals surface area contributed by atoms with Crippen molar-refractivity contribution in [3.63, 3.8) is 0 Å². The van der Waals surface area contributed by atoms with Gasteiger partial charge in [-0.25, -0.2) is 0 Å². The van der Waals surface area contributed by atoms with E-state index in [1.807, 2.05) is 0 Å². The molecular weight excluding hydrogens is 783 g/mol. The van der Waals surface area contributed by atoms with Crippen LogP contribution in [-0.2, 0) is 4.79 Å². The smallest absolute Gasteiger partial charge is 0.220 e. The van der Waals surface area contributed by atoms with E-state index in [0.29, 0.717) is 12.8 Å². The first-order chi connectivity index (χ1) is 31.7. The molecule has 0 aromatic heterocycles. The maximum Gasteiger partial charge on any atom is 0.220 e. The highest BCUT2D eigenvalue weighted by molar-refractivity contribution is 5.76. The number of nitrogens with one attached hydrogen (secondary N) is 1. The Morgan fingerprint density at radius 3 is 1.02 bits per heavy atom. The van der Waals surface area contributed by atoms with Crippen molar-refractivity contribution in [2.75, 3.05) is 6.61 Å². The third-order valence-corrected chi connectivity index (χ3v) is 13.0. The lowest BCUT2D eigenvalue weighted by Gasteiger charge is -2.22. The molecule has 64 heavy (non-hydrogen) atoms. The summed E-state index contributed by atoms with van der Waals surface area (Å²) < 4.78 is 0. The molecule has 3 N–H and O–H groups in total. The van der Waals surface area contributed by atoms with Gasteiger partial charge >= 0.3 is 0 Å². The van der Waals surface area contributed by atoms with Crippen LogP contribution in [0.1, 0.15) is 296 Å². The molecule has 0 aliphatic heterocycles. The van der Waals surface area contributed by atoms with Crippen molar-refractivity contribution < 1.29 is 15.0 Å². The van der Waals surface area contributed by atoms with E-state index in [4.69, 9.17) is 0 Å². The van der Waals surface area contributed by atoms with Gasteiger partial charge in [-0.15, -0.1) is 0 Å². The van der Waals surface area contributed by atoms with E-state index in [0.717, 1.165) is 70.6 Å². The molecule has 374 valence electrons. The molecule has 0 heterocycles. The molecule has 0 bridgehead atoms. The Labute approximate surface area is 400 Å². The fourth-order valence-electron chi connectivity index (χ4n) is 8.74. The summed E-state index contributed by atoms with van der Waals surface area (Å²) in [7, 11) is 0. The van der Waals surface area contributed by atoms with Crippen LogP contribution in [0.4, 0.5) is 0 Å². The molecule has 0 saturated heterocycles. The molecule has 0 aliphatic carbocycles. The quantitative estimate of drug-likeness (QED) is 0.0421. The normalized spacial score (nSPS) is 13.2. The maximum absolute atomic E-state index is 12.5. The third kappa shape index (κ3) is 51.1. The molecule has 0 aromatic carbocycles. The average molecular weight is 895 g/mol. The standard InChI is InChI=1S/C60H111NO3/c1-3-5-7-9-11-13-15-17-19-21-23-24-25-26-27-28-29-30-31-32-33-34-35-36-38-39-41-43-45-47-49-51-53-55-59(63)58(57-62)61-60(64)56-54-52-50-48-46-44-42-40-37-22-20-18-16-14-12-10-8-6-4-2/h6,8,12,14,18,20,37,40,44,46,58-59,62-63H,3-5,7,9-11,13,15-17,19,21-36,38-39,41-43,45,47-57H2,1-2H3,(H,61,64)/b8-6-,14-12-,20-18-,40-37-,46-44-.